The summed E-state index contributed by atoms with van der Waals surface area (Å²) in [4.78, 5) is 24.0. The first-order valence-corrected chi connectivity index (χ1v) is 7.17. The van der Waals surface area contributed by atoms with Gasteiger partial charge in [0, 0.05) is 25.5 Å². The number of fused-ring (bicyclic) bond motifs is 1. The van der Waals surface area contributed by atoms with Crippen LogP contribution in [0.1, 0.15) is 29.4 Å². The summed E-state index contributed by atoms with van der Waals surface area (Å²) in [6, 6.07) is 0.262. The van der Waals surface area contributed by atoms with Gasteiger partial charge < -0.3 is 10.6 Å². The standard InChI is InChI=1S/C13H16N4OS/c1-7(8-3-4-8)17(2)13(18)11-9(14)10-12(19-11)16-6-5-15-10/h5-8H,3-4,14H2,1-2H3. The van der Waals surface area contributed by atoms with Gasteiger partial charge in [-0.15, -0.1) is 11.3 Å². The van der Waals surface area contributed by atoms with Gasteiger partial charge in [-0.25, -0.2) is 9.97 Å². The number of anilines is 1. The lowest BCUT2D eigenvalue weighted by molar-refractivity contribution is 0.0733. The minimum Gasteiger partial charge on any atom is -0.396 e. The van der Waals surface area contributed by atoms with Crippen LogP contribution in [-0.2, 0) is 0 Å². The van der Waals surface area contributed by atoms with Crippen molar-refractivity contribution in [3.8, 4) is 0 Å². The first kappa shape index (κ1) is 12.3. The zero-order valence-corrected chi connectivity index (χ0v) is 11.8. The summed E-state index contributed by atoms with van der Waals surface area (Å²) in [7, 11) is 1.84. The second-order valence-electron chi connectivity index (χ2n) is 5.05. The number of carbonyl (C=O) groups is 1. The van der Waals surface area contributed by atoms with Gasteiger partial charge in [-0.1, -0.05) is 0 Å². The summed E-state index contributed by atoms with van der Waals surface area (Å²) in [5.41, 5.74) is 7.11. The van der Waals surface area contributed by atoms with E-state index in [-0.39, 0.29) is 11.9 Å². The van der Waals surface area contributed by atoms with Gasteiger partial charge in [0.05, 0.1) is 5.69 Å². The van der Waals surface area contributed by atoms with E-state index in [2.05, 4.69) is 16.9 Å². The van der Waals surface area contributed by atoms with E-state index in [1.807, 2.05) is 7.05 Å². The summed E-state index contributed by atoms with van der Waals surface area (Å²) < 4.78 is 0. The zero-order chi connectivity index (χ0) is 13.6. The van der Waals surface area contributed by atoms with Crippen molar-refractivity contribution in [2.75, 3.05) is 12.8 Å². The average Bonchev–Trinajstić information content (AvgIpc) is 3.22. The smallest absolute Gasteiger partial charge is 0.266 e. The van der Waals surface area contributed by atoms with Crippen LogP contribution in [0, 0.1) is 5.92 Å². The normalized spacial score (nSPS) is 16.5. The Hall–Kier alpha value is -1.69. The molecule has 0 aliphatic heterocycles. The van der Waals surface area contributed by atoms with E-state index in [4.69, 9.17) is 5.73 Å². The fraction of sp³-hybridized carbons (Fsp3) is 0.462. The van der Waals surface area contributed by atoms with Gasteiger partial charge in [-0.05, 0) is 25.7 Å². The largest absolute Gasteiger partial charge is 0.396 e. The second-order valence-corrected chi connectivity index (χ2v) is 6.05. The molecule has 0 spiro atoms. The summed E-state index contributed by atoms with van der Waals surface area (Å²) in [5, 5.41) is 0. The SMILES string of the molecule is CC(C1CC1)N(C)C(=O)c1sc2nccnc2c1N. The maximum atomic E-state index is 12.5. The van der Waals surface area contributed by atoms with Crippen molar-refractivity contribution in [3.05, 3.63) is 17.3 Å². The molecule has 1 saturated carbocycles. The third kappa shape index (κ3) is 2.06. The molecule has 5 nitrogen and oxygen atoms in total. The molecule has 2 aromatic heterocycles. The Labute approximate surface area is 115 Å². The van der Waals surface area contributed by atoms with Crippen molar-refractivity contribution in [1.82, 2.24) is 14.9 Å². The first-order valence-electron chi connectivity index (χ1n) is 6.35. The molecule has 1 unspecified atom stereocenters. The van der Waals surface area contributed by atoms with E-state index in [9.17, 15) is 4.79 Å². The quantitative estimate of drug-likeness (QED) is 0.932. The number of nitrogens with zero attached hydrogens (tertiary/aromatic N) is 3. The highest BCUT2D eigenvalue weighted by Crippen LogP contribution is 2.37. The van der Waals surface area contributed by atoms with Crippen molar-refractivity contribution in [2.24, 2.45) is 5.92 Å². The highest BCUT2D eigenvalue weighted by molar-refractivity contribution is 7.21. The Bertz CT molecular complexity index is 635. The Morgan fingerprint density at radius 1 is 1.47 bits per heavy atom. The number of hydrogen-bond donors (Lipinski definition) is 1. The third-order valence-electron chi connectivity index (χ3n) is 3.79. The maximum Gasteiger partial charge on any atom is 0.266 e. The molecule has 19 heavy (non-hydrogen) atoms. The van der Waals surface area contributed by atoms with Crippen LogP contribution in [0.3, 0.4) is 0 Å². The summed E-state index contributed by atoms with van der Waals surface area (Å²) in [6.07, 6.45) is 5.63. The Kier molecular flexibility index (Phi) is 2.89. The molecule has 0 saturated heterocycles. The number of nitrogens with two attached hydrogens (primary N) is 1. The second kappa shape index (κ2) is 4.45. The van der Waals surface area contributed by atoms with Gasteiger partial charge in [0.25, 0.3) is 5.91 Å². The van der Waals surface area contributed by atoms with Gasteiger partial charge in [-0.3, -0.25) is 4.79 Å². The van der Waals surface area contributed by atoms with Crippen LogP contribution >= 0.6 is 11.3 Å². The van der Waals surface area contributed by atoms with Crippen LogP contribution < -0.4 is 5.73 Å². The van der Waals surface area contributed by atoms with Gasteiger partial charge in [0.1, 0.15) is 15.2 Å². The molecule has 2 N–H and O–H groups in total. The summed E-state index contributed by atoms with van der Waals surface area (Å²) >= 11 is 1.32. The van der Waals surface area contributed by atoms with E-state index in [1.54, 1.807) is 17.3 Å². The minimum atomic E-state index is -0.0262. The molecular weight excluding hydrogens is 260 g/mol. The highest BCUT2D eigenvalue weighted by Gasteiger charge is 2.34. The Balaban J connectivity index is 1.94. The predicted molar refractivity (Wildman–Crippen MR) is 76.1 cm³/mol. The first-order chi connectivity index (χ1) is 9.09. The fourth-order valence-electron chi connectivity index (χ4n) is 2.24. The summed E-state index contributed by atoms with van der Waals surface area (Å²) in [6.45, 7) is 2.09. The molecule has 6 heteroatoms. The van der Waals surface area contributed by atoms with Crippen molar-refractivity contribution >= 4 is 33.3 Å². The molecule has 1 atom stereocenters. The Morgan fingerprint density at radius 3 is 2.79 bits per heavy atom. The molecule has 1 aliphatic rings. The van der Waals surface area contributed by atoms with Crippen LogP contribution in [0.4, 0.5) is 5.69 Å². The van der Waals surface area contributed by atoms with E-state index >= 15 is 0 Å². The topological polar surface area (TPSA) is 72.1 Å². The number of aromatic nitrogens is 2. The van der Waals surface area contributed by atoms with Crippen molar-refractivity contribution in [3.63, 3.8) is 0 Å². The van der Waals surface area contributed by atoms with Crippen molar-refractivity contribution in [1.29, 1.82) is 0 Å². The highest BCUT2D eigenvalue weighted by atomic mass is 32.1. The lowest BCUT2D eigenvalue weighted by atomic mass is 10.2. The summed E-state index contributed by atoms with van der Waals surface area (Å²) in [5.74, 6) is 0.613. The molecular formula is C13H16N4OS. The van der Waals surface area contributed by atoms with Crippen molar-refractivity contribution < 1.29 is 4.79 Å². The fourth-order valence-corrected chi connectivity index (χ4v) is 3.25. The molecule has 0 aromatic carbocycles. The molecule has 0 radical (unpaired) electrons. The number of hydrogen-bond acceptors (Lipinski definition) is 5. The monoisotopic (exact) mass is 276 g/mol. The minimum absolute atomic E-state index is 0.0262. The molecule has 1 aliphatic carbocycles. The number of thiophene rings is 1. The van der Waals surface area contributed by atoms with Crippen LogP contribution in [0.25, 0.3) is 10.3 Å². The van der Waals surface area contributed by atoms with Crippen LogP contribution in [-0.4, -0.2) is 33.9 Å². The lowest BCUT2D eigenvalue weighted by Crippen LogP contribution is -2.36. The zero-order valence-electron chi connectivity index (χ0n) is 11.0. The average molecular weight is 276 g/mol. The molecule has 1 fully saturated rings. The van der Waals surface area contributed by atoms with E-state index in [0.29, 0.717) is 22.0 Å². The van der Waals surface area contributed by atoms with Crippen LogP contribution in [0.5, 0.6) is 0 Å². The van der Waals surface area contributed by atoms with E-state index in [0.717, 1.165) is 4.83 Å². The van der Waals surface area contributed by atoms with E-state index < -0.39 is 0 Å². The number of carbonyl (C=O) groups excluding carboxylic acids is 1. The van der Waals surface area contributed by atoms with Gasteiger partial charge in [0.15, 0.2) is 0 Å². The van der Waals surface area contributed by atoms with Crippen molar-refractivity contribution in [2.45, 2.75) is 25.8 Å². The molecule has 2 aromatic rings. The third-order valence-corrected chi connectivity index (χ3v) is 4.88. The van der Waals surface area contributed by atoms with Gasteiger partial charge in [-0.2, -0.15) is 0 Å². The predicted octanol–water partition coefficient (Wildman–Crippen LogP) is 2.14. The lowest BCUT2D eigenvalue weighted by Gasteiger charge is -2.24. The number of rotatable bonds is 3. The molecule has 1 amide bonds. The maximum absolute atomic E-state index is 12.5. The van der Waals surface area contributed by atoms with Crippen LogP contribution in [0.2, 0.25) is 0 Å². The van der Waals surface area contributed by atoms with E-state index in [1.165, 1.54) is 24.2 Å². The Morgan fingerprint density at radius 2 is 2.16 bits per heavy atom. The molecule has 0 bridgehead atoms. The number of nitrogen functional groups attached to an aromatic ring is 1. The van der Waals surface area contributed by atoms with Gasteiger partial charge >= 0.3 is 0 Å². The van der Waals surface area contributed by atoms with Crippen LogP contribution in [0.15, 0.2) is 12.4 Å². The number of amides is 1. The molecule has 100 valence electrons. The van der Waals surface area contributed by atoms with Gasteiger partial charge in [0.2, 0.25) is 0 Å². The molecule has 2 heterocycles. The molecule has 3 rings (SSSR count).